The Morgan fingerprint density at radius 2 is 1.95 bits per heavy atom. The van der Waals surface area contributed by atoms with Gasteiger partial charge in [-0.2, -0.15) is 0 Å². The van der Waals surface area contributed by atoms with Crippen molar-refractivity contribution in [2.75, 3.05) is 7.11 Å². The van der Waals surface area contributed by atoms with E-state index in [-0.39, 0.29) is 6.04 Å². The number of ether oxygens (including phenoxy) is 1. The van der Waals surface area contributed by atoms with Crippen molar-refractivity contribution < 1.29 is 4.74 Å². The van der Waals surface area contributed by atoms with Crippen LogP contribution in [-0.4, -0.2) is 7.11 Å². The van der Waals surface area contributed by atoms with Gasteiger partial charge in [-0.05, 0) is 60.6 Å². The molecule has 3 rings (SSSR count). The minimum Gasteiger partial charge on any atom is -0.496 e. The number of methoxy groups -OCH3 is 1. The summed E-state index contributed by atoms with van der Waals surface area (Å²) in [4.78, 5) is 0. The molecule has 0 amide bonds. The molecule has 110 valence electrons. The first-order chi connectivity index (χ1) is 10.2. The monoisotopic (exact) mass is 301 g/mol. The van der Waals surface area contributed by atoms with Crippen molar-refractivity contribution in [2.45, 2.75) is 31.7 Å². The summed E-state index contributed by atoms with van der Waals surface area (Å²) in [6.45, 7) is 0. The molecule has 2 N–H and O–H groups in total. The molecule has 2 aromatic carbocycles. The third kappa shape index (κ3) is 3.07. The van der Waals surface area contributed by atoms with E-state index in [0.717, 1.165) is 17.7 Å². The highest BCUT2D eigenvalue weighted by atomic mass is 35.5. The van der Waals surface area contributed by atoms with Crippen LogP contribution in [0.4, 0.5) is 0 Å². The van der Waals surface area contributed by atoms with Crippen LogP contribution in [0.15, 0.2) is 36.4 Å². The van der Waals surface area contributed by atoms with E-state index in [0.29, 0.717) is 5.02 Å². The molecule has 0 aliphatic heterocycles. The molecule has 21 heavy (non-hydrogen) atoms. The average molecular weight is 302 g/mol. The molecule has 0 saturated carbocycles. The first kappa shape index (κ1) is 14.4. The molecule has 0 saturated heterocycles. The Hall–Kier alpha value is -1.51. The molecule has 0 fully saturated rings. The molecule has 1 aliphatic rings. The van der Waals surface area contributed by atoms with Crippen molar-refractivity contribution in [1.29, 1.82) is 0 Å². The number of rotatable bonds is 4. The molecular formula is C18H20ClNO. The van der Waals surface area contributed by atoms with Gasteiger partial charge >= 0.3 is 0 Å². The van der Waals surface area contributed by atoms with Crippen LogP contribution in [0.3, 0.4) is 0 Å². The summed E-state index contributed by atoms with van der Waals surface area (Å²) in [6, 6.07) is 12.2. The Balaban J connectivity index is 1.83. The molecule has 2 aromatic rings. The summed E-state index contributed by atoms with van der Waals surface area (Å²) in [5, 5.41) is 0.690. The number of halogens is 1. The highest BCUT2D eigenvalue weighted by Gasteiger charge is 2.15. The molecule has 0 radical (unpaired) electrons. The van der Waals surface area contributed by atoms with Crippen LogP contribution in [0.1, 0.15) is 34.7 Å². The first-order valence-electron chi connectivity index (χ1n) is 7.37. The zero-order valence-electron chi connectivity index (χ0n) is 12.2. The Kier molecular flexibility index (Phi) is 4.18. The van der Waals surface area contributed by atoms with Gasteiger partial charge in [0.15, 0.2) is 0 Å². The Labute approximate surface area is 130 Å². The topological polar surface area (TPSA) is 35.2 Å². The second kappa shape index (κ2) is 6.08. The average Bonchev–Trinajstić information content (AvgIpc) is 2.94. The van der Waals surface area contributed by atoms with Gasteiger partial charge < -0.3 is 10.5 Å². The lowest BCUT2D eigenvalue weighted by Crippen LogP contribution is -2.14. The van der Waals surface area contributed by atoms with Gasteiger partial charge in [0.05, 0.1) is 7.11 Å². The Morgan fingerprint density at radius 3 is 2.76 bits per heavy atom. The maximum atomic E-state index is 6.38. The van der Waals surface area contributed by atoms with Gasteiger partial charge in [0.25, 0.3) is 0 Å². The predicted octanol–water partition coefficient (Wildman–Crippen LogP) is 4.08. The van der Waals surface area contributed by atoms with Gasteiger partial charge in [0, 0.05) is 16.6 Å². The van der Waals surface area contributed by atoms with E-state index in [4.69, 9.17) is 22.1 Å². The fraction of sp³-hybridized carbons (Fsp3) is 0.333. The molecule has 3 heteroatoms. The van der Waals surface area contributed by atoms with Gasteiger partial charge in [-0.3, -0.25) is 0 Å². The number of aryl methyl sites for hydroxylation is 2. The smallest absolute Gasteiger partial charge is 0.123 e. The summed E-state index contributed by atoms with van der Waals surface area (Å²) in [6.07, 6.45) is 4.47. The highest BCUT2D eigenvalue weighted by molar-refractivity contribution is 6.30. The van der Waals surface area contributed by atoms with Crippen molar-refractivity contribution in [1.82, 2.24) is 0 Å². The van der Waals surface area contributed by atoms with Crippen molar-refractivity contribution in [3.05, 3.63) is 63.7 Å². The molecule has 0 bridgehead atoms. The summed E-state index contributed by atoms with van der Waals surface area (Å²) < 4.78 is 5.39. The van der Waals surface area contributed by atoms with Crippen LogP contribution in [0.25, 0.3) is 0 Å². The number of benzene rings is 2. The van der Waals surface area contributed by atoms with E-state index in [2.05, 4.69) is 18.2 Å². The molecule has 0 spiro atoms. The largest absolute Gasteiger partial charge is 0.496 e. The molecular weight excluding hydrogens is 282 g/mol. The number of hydrogen-bond acceptors (Lipinski definition) is 2. The number of fused-ring (bicyclic) bond motifs is 1. The van der Waals surface area contributed by atoms with Gasteiger partial charge in [-0.15, -0.1) is 0 Å². The van der Waals surface area contributed by atoms with Gasteiger partial charge in [0.1, 0.15) is 5.75 Å². The second-order valence-corrected chi connectivity index (χ2v) is 6.09. The second-order valence-electron chi connectivity index (χ2n) is 5.65. The van der Waals surface area contributed by atoms with Gasteiger partial charge in [0.2, 0.25) is 0 Å². The van der Waals surface area contributed by atoms with Gasteiger partial charge in [-0.1, -0.05) is 29.8 Å². The van der Waals surface area contributed by atoms with E-state index in [1.165, 1.54) is 36.0 Å². The summed E-state index contributed by atoms with van der Waals surface area (Å²) >= 11 is 6.09. The van der Waals surface area contributed by atoms with E-state index in [1.807, 2.05) is 18.2 Å². The van der Waals surface area contributed by atoms with E-state index in [9.17, 15) is 0 Å². The molecule has 1 atom stereocenters. The maximum Gasteiger partial charge on any atom is 0.123 e. The van der Waals surface area contributed by atoms with Crippen molar-refractivity contribution >= 4 is 11.6 Å². The van der Waals surface area contributed by atoms with Crippen LogP contribution in [0, 0.1) is 0 Å². The van der Waals surface area contributed by atoms with Crippen LogP contribution in [-0.2, 0) is 19.3 Å². The Morgan fingerprint density at radius 1 is 1.14 bits per heavy atom. The molecule has 0 aromatic heterocycles. The lowest BCUT2D eigenvalue weighted by atomic mass is 9.96. The fourth-order valence-corrected chi connectivity index (χ4v) is 3.29. The quantitative estimate of drug-likeness (QED) is 0.923. The fourth-order valence-electron chi connectivity index (χ4n) is 3.11. The normalized spacial score (nSPS) is 14.8. The minimum absolute atomic E-state index is 0.113. The van der Waals surface area contributed by atoms with E-state index < -0.39 is 0 Å². The Bertz CT molecular complexity index is 654. The number of nitrogens with two attached hydrogens (primary N) is 1. The number of hydrogen-bond donors (Lipinski definition) is 1. The van der Waals surface area contributed by atoms with Crippen molar-refractivity contribution in [2.24, 2.45) is 5.73 Å². The maximum absolute atomic E-state index is 6.38. The van der Waals surface area contributed by atoms with E-state index in [1.54, 1.807) is 7.11 Å². The summed E-state index contributed by atoms with van der Waals surface area (Å²) in [5.74, 6) is 0.799. The first-order valence-corrected chi connectivity index (χ1v) is 7.75. The van der Waals surface area contributed by atoms with Crippen molar-refractivity contribution in [3.63, 3.8) is 0 Å². The highest BCUT2D eigenvalue weighted by Crippen LogP contribution is 2.30. The molecule has 0 heterocycles. The summed E-state index contributed by atoms with van der Waals surface area (Å²) in [5.41, 5.74) is 11.6. The molecule has 2 nitrogen and oxygen atoms in total. The zero-order chi connectivity index (χ0) is 14.8. The van der Waals surface area contributed by atoms with Crippen molar-refractivity contribution in [3.8, 4) is 5.75 Å². The van der Waals surface area contributed by atoms with Crippen LogP contribution in [0.2, 0.25) is 5.02 Å². The summed E-state index contributed by atoms with van der Waals surface area (Å²) in [7, 11) is 1.66. The SMILES string of the molecule is COc1ccc(Cl)cc1C(N)Cc1ccc2c(c1)CCC2. The van der Waals surface area contributed by atoms with E-state index >= 15 is 0 Å². The van der Waals surface area contributed by atoms with Gasteiger partial charge in [-0.25, -0.2) is 0 Å². The molecule has 1 aliphatic carbocycles. The lowest BCUT2D eigenvalue weighted by Gasteiger charge is -2.17. The van der Waals surface area contributed by atoms with Crippen LogP contribution < -0.4 is 10.5 Å². The third-order valence-corrected chi connectivity index (χ3v) is 4.44. The van der Waals surface area contributed by atoms with Crippen LogP contribution in [0.5, 0.6) is 5.75 Å². The molecule has 1 unspecified atom stereocenters. The zero-order valence-corrected chi connectivity index (χ0v) is 13.0. The standard InChI is InChI=1S/C18H20ClNO/c1-21-18-8-7-15(19)11-16(18)17(20)10-12-5-6-13-3-2-4-14(13)9-12/h5-9,11,17H,2-4,10,20H2,1H3. The predicted molar refractivity (Wildman–Crippen MR) is 87.1 cm³/mol. The minimum atomic E-state index is -0.113. The third-order valence-electron chi connectivity index (χ3n) is 4.21. The lowest BCUT2D eigenvalue weighted by molar-refractivity contribution is 0.405. The van der Waals surface area contributed by atoms with Crippen LogP contribution >= 0.6 is 11.6 Å².